The maximum absolute atomic E-state index is 5.88. The predicted molar refractivity (Wildman–Crippen MR) is 84.6 cm³/mol. The first-order chi connectivity index (χ1) is 9.49. The number of nitrogens with one attached hydrogen (secondary N) is 1. The third kappa shape index (κ3) is 5.41. The molecule has 0 spiro atoms. The maximum Gasteiger partial charge on any atom is 0.161 e. The van der Waals surface area contributed by atoms with Crippen LogP contribution >= 0.6 is 0 Å². The lowest BCUT2D eigenvalue weighted by atomic mass is 9.79. The Balaban J connectivity index is 2.51. The molecule has 0 fully saturated rings. The zero-order valence-corrected chi connectivity index (χ0v) is 13.5. The molecule has 1 aromatic rings. The van der Waals surface area contributed by atoms with E-state index in [1.54, 1.807) is 7.11 Å². The number of rotatable bonds is 8. The highest BCUT2D eigenvalue weighted by Crippen LogP contribution is 2.30. The van der Waals surface area contributed by atoms with Gasteiger partial charge in [-0.25, -0.2) is 0 Å². The lowest BCUT2D eigenvalue weighted by Gasteiger charge is -2.31. The number of benzene rings is 1. The van der Waals surface area contributed by atoms with Gasteiger partial charge in [-0.3, -0.25) is 0 Å². The molecule has 0 saturated heterocycles. The number of methoxy groups -OCH3 is 1. The summed E-state index contributed by atoms with van der Waals surface area (Å²) in [4.78, 5) is 0. The Labute approximate surface area is 123 Å². The molecule has 20 heavy (non-hydrogen) atoms. The van der Waals surface area contributed by atoms with Crippen molar-refractivity contribution in [2.45, 2.75) is 34.1 Å². The van der Waals surface area contributed by atoms with Crippen molar-refractivity contribution in [3.8, 4) is 11.5 Å². The molecule has 0 heterocycles. The van der Waals surface area contributed by atoms with E-state index in [0.717, 1.165) is 31.0 Å². The Morgan fingerprint density at radius 1 is 1.15 bits per heavy atom. The summed E-state index contributed by atoms with van der Waals surface area (Å²) in [6, 6.07) is 7.80. The highest BCUT2D eigenvalue weighted by molar-refractivity contribution is 5.39. The summed E-state index contributed by atoms with van der Waals surface area (Å²) in [5.41, 5.74) is 0.284. The predicted octanol–water partition coefficient (Wildman–Crippen LogP) is 3.74. The van der Waals surface area contributed by atoms with Crippen molar-refractivity contribution < 1.29 is 9.47 Å². The lowest BCUT2D eigenvalue weighted by molar-refractivity contribution is 0.178. The van der Waals surface area contributed by atoms with Gasteiger partial charge < -0.3 is 14.8 Å². The van der Waals surface area contributed by atoms with Gasteiger partial charge in [-0.05, 0) is 43.0 Å². The Bertz CT molecular complexity index is 385. The molecular formula is C17H29NO2. The molecular weight excluding hydrogens is 250 g/mol. The van der Waals surface area contributed by atoms with Crippen molar-refractivity contribution in [2.75, 3.05) is 26.8 Å². The van der Waals surface area contributed by atoms with E-state index in [9.17, 15) is 0 Å². The van der Waals surface area contributed by atoms with Crippen LogP contribution in [0.4, 0.5) is 0 Å². The third-order valence-electron chi connectivity index (χ3n) is 3.66. The Morgan fingerprint density at radius 3 is 2.35 bits per heavy atom. The van der Waals surface area contributed by atoms with Gasteiger partial charge in [-0.1, -0.05) is 39.8 Å². The summed E-state index contributed by atoms with van der Waals surface area (Å²) in [6.07, 6.45) is 1.04. The van der Waals surface area contributed by atoms with Crippen LogP contribution in [0.5, 0.6) is 11.5 Å². The highest BCUT2D eigenvalue weighted by Gasteiger charge is 2.24. The minimum absolute atomic E-state index is 0.284. The molecule has 1 aromatic carbocycles. The second kappa shape index (κ2) is 8.15. The average molecular weight is 279 g/mol. The number of hydrogen-bond donors (Lipinski definition) is 1. The van der Waals surface area contributed by atoms with E-state index < -0.39 is 0 Å². The topological polar surface area (TPSA) is 30.5 Å². The molecule has 0 saturated carbocycles. The Morgan fingerprint density at radius 2 is 1.80 bits per heavy atom. The molecule has 3 heteroatoms. The van der Waals surface area contributed by atoms with Crippen LogP contribution in [0.1, 0.15) is 34.1 Å². The van der Waals surface area contributed by atoms with E-state index >= 15 is 0 Å². The van der Waals surface area contributed by atoms with Crippen LogP contribution in [0.25, 0.3) is 0 Å². The molecule has 0 bridgehead atoms. The third-order valence-corrected chi connectivity index (χ3v) is 3.66. The highest BCUT2D eigenvalue weighted by atomic mass is 16.5. The average Bonchev–Trinajstić information content (AvgIpc) is 2.41. The minimum Gasteiger partial charge on any atom is -0.493 e. The van der Waals surface area contributed by atoms with Crippen LogP contribution in [0.15, 0.2) is 24.3 Å². The molecule has 0 aromatic heterocycles. The van der Waals surface area contributed by atoms with E-state index in [2.05, 4.69) is 33.0 Å². The van der Waals surface area contributed by atoms with E-state index in [1.807, 2.05) is 24.3 Å². The Hall–Kier alpha value is -1.22. The molecule has 0 aliphatic carbocycles. The molecule has 1 rings (SSSR count). The van der Waals surface area contributed by atoms with Crippen LogP contribution in [0.2, 0.25) is 0 Å². The molecule has 1 atom stereocenters. The quantitative estimate of drug-likeness (QED) is 0.786. The van der Waals surface area contributed by atoms with E-state index in [0.29, 0.717) is 12.5 Å². The minimum atomic E-state index is 0.284. The van der Waals surface area contributed by atoms with Gasteiger partial charge in [-0.15, -0.1) is 0 Å². The van der Waals surface area contributed by atoms with E-state index in [1.165, 1.54) is 0 Å². The molecule has 1 unspecified atom stereocenters. The van der Waals surface area contributed by atoms with E-state index in [-0.39, 0.29) is 5.41 Å². The number of para-hydroxylation sites is 2. The summed E-state index contributed by atoms with van der Waals surface area (Å²) in [5, 5.41) is 3.45. The first-order valence-corrected chi connectivity index (χ1v) is 7.45. The van der Waals surface area contributed by atoms with Gasteiger partial charge in [-0.2, -0.15) is 0 Å². The summed E-state index contributed by atoms with van der Waals surface area (Å²) in [6.45, 7) is 11.8. The molecule has 1 N–H and O–H groups in total. The molecule has 0 amide bonds. The summed E-state index contributed by atoms with van der Waals surface area (Å²) in [7, 11) is 1.67. The normalized spacial score (nSPS) is 13.1. The standard InChI is InChI=1S/C17H29NO2/c1-6-18-13-14(17(2,3)4)11-12-20-16-10-8-7-9-15(16)19-5/h7-10,14,18H,6,11-13H2,1-5H3. The molecule has 3 nitrogen and oxygen atoms in total. The van der Waals surface area contributed by atoms with Crippen molar-refractivity contribution in [2.24, 2.45) is 11.3 Å². The first kappa shape index (κ1) is 16.8. The van der Waals surface area contributed by atoms with Crippen LogP contribution < -0.4 is 14.8 Å². The van der Waals surface area contributed by atoms with Crippen LogP contribution in [0, 0.1) is 11.3 Å². The van der Waals surface area contributed by atoms with Gasteiger partial charge in [0.2, 0.25) is 0 Å². The van der Waals surface area contributed by atoms with Gasteiger partial charge in [0.15, 0.2) is 11.5 Å². The van der Waals surface area contributed by atoms with Crippen molar-refractivity contribution in [3.63, 3.8) is 0 Å². The van der Waals surface area contributed by atoms with Crippen molar-refractivity contribution >= 4 is 0 Å². The second-order valence-corrected chi connectivity index (χ2v) is 6.16. The van der Waals surface area contributed by atoms with Crippen molar-refractivity contribution in [3.05, 3.63) is 24.3 Å². The fourth-order valence-electron chi connectivity index (χ4n) is 2.21. The molecule has 0 radical (unpaired) electrons. The zero-order chi connectivity index (χ0) is 15.0. The van der Waals surface area contributed by atoms with Crippen molar-refractivity contribution in [1.29, 1.82) is 0 Å². The van der Waals surface area contributed by atoms with Gasteiger partial charge in [0.05, 0.1) is 13.7 Å². The Kier molecular flexibility index (Phi) is 6.86. The molecule has 0 aliphatic heterocycles. The molecule has 0 aliphatic rings. The summed E-state index contributed by atoms with van der Waals surface area (Å²) >= 11 is 0. The van der Waals surface area contributed by atoms with Gasteiger partial charge in [0.1, 0.15) is 0 Å². The van der Waals surface area contributed by atoms with Gasteiger partial charge in [0, 0.05) is 0 Å². The first-order valence-electron chi connectivity index (χ1n) is 7.45. The van der Waals surface area contributed by atoms with Crippen LogP contribution in [-0.2, 0) is 0 Å². The zero-order valence-electron chi connectivity index (χ0n) is 13.5. The number of ether oxygens (including phenoxy) is 2. The fraction of sp³-hybridized carbons (Fsp3) is 0.647. The van der Waals surface area contributed by atoms with E-state index in [4.69, 9.17) is 9.47 Å². The number of hydrogen-bond acceptors (Lipinski definition) is 3. The summed E-state index contributed by atoms with van der Waals surface area (Å²) < 4.78 is 11.2. The fourth-order valence-corrected chi connectivity index (χ4v) is 2.21. The largest absolute Gasteiger partial charge is 0.493 e. The molecule has 114 valence electrons. The lowest BCUT2D eigenvalue weighted by Crippen LogP contribution is -2.33. The second-order valence-electron chi connectivity index (χ2n) is 6.16. The van der Waals surface area contributed by atoms with Crippen molar-refractivity contribution in [1.82, 2.24) is 5.32 Å². The van der Waals surface area contributed by atoms with Gasteiger partial charge >= 0.3 is 0 Å². The summed E-state index contributed by atoms with van der Waals surface area (Å²) in [5.74, 6) is 2.22. The van der Waals surface area contributed by atoms with Crippen LogP contribution in [-0.4, -0.2) is 26.8 Å². The van der Waals surface area contributed by atoms with Gasteiger partial charge in [0.25, 0.3) is 0 Å². The van der Waals surface area contributed by atoms with Crippen LogP contribution in [0.3, 0.4) is 0 Å². The monoisotopic (exact) mass is 279 g/mol. The smallest absolute Gasteiger partial charge is 0.161 e. The SMILES string of the molecule is CCNCC(CCOc1ccccc1OC)C(C)(C)C. The maximum atomic E-state index is 5.88.